The monoisotopic (exact) mass is 304 g/mol. The van der Waals surface area contributed by atoms with Crippen LogP contribution in [0.15, 0.2) is 22.7 Å². The molecule has 1 aromatic rings. The standard InChI is InChI=1S/C12H18BrClN2/c1-3-4-8(2)12(16-15)9-5-10(13)7-11(14)6-9/h5-8,12,16H,3-4,15H2,1-2H3. The number of hydrogen-bond donors (Lipinski definition) is 2. The maximum Gasteiger partial charge on any atom is 0.0486 e. The van der Waals surface area contributed by atoms with E-state index >= 15 is 0 Å². The molecule has 1 rings (SSSR count). The largest absolute Gasteiger partial charge is 0.271 e. The van der Waals surface area contributed by atoms with Crippen LogP contribution >= 0.6 is 27.5 Å². The minimum Gasteiger partial charge on any atom is -0.271 e. The molecule has 2 atom stereocenters. The van der Waals surface area contributed by atoms with E-state index in [9.17, 15) is 0 Å². The van der Waals surface area contributed by atoms with Gasteiger partial charge in [-0.25, -0.2) is 0 Å². The molecule has 0 bridgehead atoms. The zero-order valence-electron chi connectivity index (χ0n) is 9.63. The normalized spacial score (nSPS) is 14.8. The molecule has 4 heteroatoms. The van der Waals surface area contributed by atoms with Crippen LogP contribution in [0.1, 0.15) is 38.3 Å². The summed E-state index contributed by atoms with van der Waals surface area (Å²) in [4.78, 5) is 0. The second kappa shape index (κ2) is 6.60. The summed E-state index contributed by atoms with van der Waals surface area (Å²) < 4.78 is 0.985. The number of rotatable bonds is 5. The fourth-order valence-corrected chi connectivity index (χ4v) is 2.85. The van der Waals surface area contributed by atoms with Gasteiger partial charge in [-0.1, -0.05) is 47.8 Å². The molecule has 0 aliphatic rings. The van der Waals surface area contributed by atoms with Gasteiger partial charge in [0, 0.05) is 15.5 Å². The Hall–Kier alpha value is -0.0900. The third-order valence-electron chi connectivity index (χ3n) is 2.74. The molecule has 0 saturated carbocycles. The zero-order chi connectivity index (χ0) is 12.1. The maximum absolute atomic E-state index is 6.03. The van der Waals surface area contributed by atoms with Gasteiger partial charge in [-0.3, -0.25) is 11.3 Å². The van der Waals surface area contributed by atoms with Crippen molar-refractivity contribution >= 4 is 27.5 Å². The highest BCUT2D eigenvalue weighted by atomic mass is 79.9. The first-order valence-corrected chi connectivity index (χ1v) is 6.67. The van der Waals surface area contributed by atoms with Crippen LogP contribution in [-0.4, -0.2) is 0 Å². The molecule has 0 aliphatic carbocycles. The van der Waals surface area contributed by atoms with Crippen molar-refractivity contribution in [1.82, 2.24) is 5.43 Å². The van der Waals surface area contributed by atoms with E-state index in [2.05, 4.69) is 41.3 Å². The van der Waals surface area contributed by atoms with Crippen molar-refractivity contribution in [2.75, 3.05) is 0 Å². The topological polar surface area (TPSA) is 38.0 Å². The Morgan fingerprint density at radius 3 is 2.62 bits per heavy atom. The van der Waals surface area contributed by atoms with Crippen LogP contribution < -0.4 is 11.3 Å². The summed E-state index contributed by atoms with van der Waals surface area (Å²) in [5.74, 6) is 6.11. The SMILES string of the molecule is CCCC(C)C(NN)c1cc(Cl)cc(Br)c1. The molecule has 16 heavy (non-hydrogen) atoms. The van der Waals surface area contributed by atoms with Gasteiger partial charge in [0.2, 0.25) is 0 Å². The smallest absolute Gasteiger partial charge is 0.0486 e. The first kappa shape index (κ1) is 14.0. The van der Waals surface area contributed by atoms with Crippen LogP contribution in [0.5, 0.6) is 0 Å². The quantitative estimate of drug-likeness (QED) is 0.636. The third-order valence-corrected chi connectivity index (χ3v) is 3.41. The Morgan fingerprint density at radius 1 is 1.44 bits per heavy atom. The van der Waals surface area contributed by atoms with Gasteiger partial charge >= 0.3 is 0 Å². The third kappa shape index (κ3) is 3.74. The molecule has 0 radical (unpaired) electrons. The van der Waals surface area contributed by atoms with Gasteiger partial charge in [0.05, 0.1) is 0 Å². The van der Waals surface area contributed by atoms with Gasteiger partial charge in [0.25, 0.3) is 0 Å². The van der Waals surface area contributed by atoms with Gasteiger partial charge in [0.1, 0.15) is 0 Å². The molecule has 0 aliphatic heterocycles. The lowest BCUT2D eigenvalue weighted by atomic mass is 9.91. The molecule has 1 aromatic carbocycles. The van der Waals surface area contributed by atoms with Crippen LogP contribution in [0, 0.1) is 5.92 Å². The summed E-state index contributed by atoms with van der Waals surface area (Å²) in [6.45, 7) is 4.38. The van der Waals surface area contributed by atoms with Gasteiger partial charge in [-0.05, 0) is 36.1 Å². The van der Waals surface area contributed by atoms with Crippen molar-refractivity contribution in [1.29, 1.82) is 0 Å². The van der Waals surface area contributed by atoms with E-state index < -0.39 is 0 Å². The first-order chi connectivity index (χ1) is 7.58. The highest BCUT2D eigenvalue weighted by Gasteiger charge is 2.17. The van der Waals surface area contributed by atoms with E-state index in [1.165, 1.54) is 0 Å². The van der Waals surface area contributed by atoms with Crippen LogP contribution in [0.2, 0.25) is 5.02 Å². The molecule has 0 aromatic heterocycles. The number of nitrogens with one attached hydrogen (secondary N) is 1. The summed E-state index contributed by atoms with van der Waals surface area (Å²) in [6.07, 6.45) is 2.29. The Morgan fingerprint density at radius 2 is 2.12 bits per heavy atom. The van der Waals surface area contributed by atoms with Crippen LogP contribution in [-0.2, 0) is 0 Å². The van der Waals surface area contributed by atoms with Gasteiger partial charge in [0.15, 0.2) is 0 Å². The molecule has 2 nitrogen and oxygen atoms in total. The van der Waals surface area contributed by atoms with Crippen LogP contribution in [0.25, 0.3) is 0 Å². The van der Waals surface area contributed by atoms with Gasteiger partial charge in [-0.2, -0.15) is 0 Å². The lowest BCUT2D eigenvalue weighted by Gasteiger charge is -2.23. The molecular formula is C12H18BrClN2. The summed E-state index contributed by atoms with van der Waals surface area (Å²) in [5.41, 5.74) is 4.01. The van der Waals surface area contributed by atoms with E-state index in [4.69, 9.17) is 17.4 Å². The van der Waals surface area contributed by atoms with Crippen molar-refractivity contribution in [3.05, 3.63) is 33.3 Å². The van der Waals surface area contributed by atoms with Crippen LogP contribution in [0.4, 0.5) is 0 Å². The fourth-order valence-electron chi connectivity index (χ4n) is 1.97. The summed E-state index contributed by atoms with van der Waals surface area (Å²) in [5, 5.41) is 0.730. The first-order valence-electron chi connectivity index (χ1n) is 5.50. The lowest BCUT2D eigenvalue weighted by Crippen LogP contribution is -2.32. The maximum atomic E-state index is 6.03. The number of benzene rings is 1. The number of halogens is 2. The van der Waals surface area contributed by atoms with E-state index in [0.29, 0.717) is 5.92 Å². The molecular weight excluding hydrogens is 288 g/mol. The molecule has 90 valence electrons. The highest BCUT2D eigenvalue weighted by molar-refractivity contribution is 9.10. The molecule has 0 fully saturated rings. The van der Waals surface area contributed by atoms with E-state index in [1.54, 1.807) is 0 Å². The van der Waals surface area contributed by atoms with Crippen molar-refractivity contribution in [2.24, 2.45) is 11.8 Å². The number of hydrogen-bond acceptors (Lipinski definition) is 2. The van der Waals surface area contributed by atoms with Crippen molar-refractivity contribution < 1.29 is 0 Å². The minimum atomic E-state index is 0.148. The fraction of sp³-hybridized carbons (Fsp3) is 0.500. The molecule has 0 saturated heterocycles. The Labute approximate surface area is 111 Å². The highest BCUT2D eigenvalue weighted by Crippen LogP contribution is 2.29. The second-order valence-electron chi connectivity index (χ2n) is 4.11. The Bertz CT molecular complexity index is 324. The summed E-state index contributed by atoms with van der Waals surface area (Å²) >= 11 is 9.48. The average molecular weight is 306 g/mol. The molecule has 0 heterocycles. The lowest BCUT2D eigenvalue weighted by molar-refractivity contribution is 0.368. The number of nitrogens with two attached hydrogens (primary N) is 1. The summed E-state index contributed by atoms with van der Waals surface area (Å²) in [6, 6.07) is 6.05. The van der Waals surface area contributed by atoms with Crippen molar-refractivity contribution in [2.45, 2.75) is 32.7 Å². The molecule has 0 spiro atoms. The average Bonchev–Trinajstić information content (AvgIpc) is 2.17. The summed E-state index contributed by atoms with van der Waals surface area (Å²) in [7, 11) is 0. The van der Waals surface area contributed by atoms with Crippen molar-refractivity contribution in [3.63, 3.8) is 0 Å². The minimum absolute atomic E-state index is 0.148. The van der Waals surface area contributed by atoms with E-state index in [0.717, 1.165) is 27.9 Å². The molecule has 2 unspecified atom stereocenters. The second-order valence-corrected chi connectivity index (χ2v) is 5.47. The van der Waals surface area contributed by atoms with Gasteiger partial charge in [-0.15, -0.1) is 0 Å². The Kier molecular flexibility index (Phi) is 5.76. The van der Waals surface area contributed by atoms with Crippen molar-refractivity contribution in [3.8, 4) is 0 Å². The molecule has 0 amide bonds. The van der Waals surface area contributed by atoms with E-state index in [-0.39, 0.29) is 6.04 Å². The number of hydrazine groups is 1. The van der Waals surface area contributed by atoms with Gasteiger partial charge < -0.3 is 0 Å². The Balaban J connectivity index is 2.94. The zero-order valence-corrected chi connectivity index (χ0v) is 12.0. The predicted molar refractivity (Wildman–Crippen MR) is 73.3 cm³/mol. The molecule has 3 N–H and O–H groups in total. The van der Waals surface area contributed by atoms with E-state index in [1.807, 2.05) is 12.1 Å². The van der Waals surface area contributed by atoms with Crippen LogP contribution in [0.3, 0.4) is 0 Å². The predicted octanol–water partition coefficient (Wildman–Crippen LogP) is 4.04.